The summed E-state index contributed by atoms with van der Waals surface area (Å²) in [6.45, 7) is 1.90. The molecule has 16 heavy (non-hydrogen) atoms. The molecule has 0 spiro atoms. The second kappa shape index (κ2) is 6.06. The van der Waals surface area contributed by atoms with Crippen molar-refractivity contribution in [2.45, 2.75) is 25.8 Å². The summed E-state index contributed by atoms with van der Waals surface area (Å²) in [4.78, 5) is 14.4. The lowest BCUT2D eigenvalue weighted by Gasteiger charge is -2.15. The molecule has 0 aliphatic carbocycles. The Balaban J connectivity index is 2.58. The van der Waals surface area contributed by atoms with E-state index < -0.39 is 5.97 Å². The highest BCUT2D eigenvalue weighted by molar-refractivity contribution is 9.10. The molecular formula is C10H12BrClN2O2. The molecule has 0 aliphatic heterocycles. The molecule has 0 bridgehead atoms. The Morgan fingerprint density at radius 1 is 1.75 bits per heavy atom. The number of hydrogen-bond acceptors (Lipinski definition) is 3. The molecule has 0 saturated heterocycles. The van der Waals surface area contributed by atoms with Crippen LogP contribution in [0, 0.1) is 0 Å². The molecule has 1 atom stereocenters. The normalized spacial score (nSPS) is 12.2. The van der Waals surface area contributed by atoms with Gasteiger partial charge in [-0.2, -0.15) is 0 Å². The van der Waals surface area contributed by atoms with E-state index >= 15 is 0 Å². The highest BCUT2D eigenvalue weighted by Crippen LogP contribution is 2.24. The molecule has 0 amide bonds. The van der Waals surface area contributed by atoms with Crippen molar-refractivity contribution in [3.8, 4) is 0 Å². The van der Waals surface area contributed by atoms with Crippen molar-refractivity contribution in [3.05, 3.63) is 21.9 Å². The van der Waals surface area contributed by atoms with Crippen molar-refractivity contribution < 1.29 is 9.90 Å². The third-order valence-corrected chi connectivity index (χ3v) is 2.73. The maximum atomic E-state index is 10.4. The molecule has 1 unspecified atom stereocenters. The van der Waals surface area contributed by atoms with E-state index in [0.29, 0.717) is 17.3 Å². The van der Waals surface area contributed by atoms with E-state index in [9.17, 15) is 4.79 Å². The highest BCUT2D eigenvalue weighted by Gasteiger charge is 2.08. The first-order valence-electron chi connectivity index (χ1n) is 4.78. The summed E-state index contributed by atoms with van der Waals surface area (Å²) in [6, 6.07) is 1.84. The number of pyridine rings is 1. The number of carboxylic acids is 1. The summed E-state index contributed by atoms with van der Waals surface area (Å²) in [5.74, 6) is -0.799. The molecule has 0 fully saturated rings. The molecule has 0 aliphatic rings. The van der Waals surface area contributed by atoms with Crippen LogP contribution in [-0.4, -0.2) is 22.1 Å². The van der Waals surface area contributed by atoms with Crippen LogP contribution < -0.4 is 5.32 Å². The number of anilines is 1. The van der Waals surface area contributed by atoms with Gasteiger partial charge in [0, 0.05) is 23.1 Å². The van der Waals surface area contributed by atoms with Gasteiger partial charge >= 0.3 is 5.97 Å². The molecule has 1 rings (SSSR count). The minimum Gasteiger partial charge on any atom is -0.481 e. The molecule has 6 heteroatoms. The Labute approximate surface area is 107 Å². The number of nitrogens with one attached hydrogen (secondary N) is 1. The molecule has 1 aromatic heterocycles. The van der Waals surface area contributed by atoms with E-state index in [1.807, 2.05) is 13.0 Å². The highest BCUT2D eigenvalue weighted by atomic mass is 79.9. The van der Waals surface area contributed by atoms with E-state index in [1.54, 1.807) is 6.20 Å². The first-order valence-corrected chi connectivity index (χ1v) is 5.95. The minimum absolute atomic E-state index is 0.0321. The van der Waals surface area contributed by atoms with E-state index in [2.05, 4.69) is 26.2 Å². The van der Waals surface area contributed by atoms with Crippen molar-refractivity contribution in [1.82, 2.24) is 4.98 Å². The van der Waals surface area contributed by atoms with Crippen molar-refractivity contribution in [2.24, 2.45) is 0 Å². The summed E-state index contributed by atoms with van der Waals surface area (Å²) in [6.07, 6.45) is 2.28. The van der Waals surface area contributed by atoms with Gasteiger partial charge in [-0.1, -0.05) is 11.6 Å². The van der Waals surface area contributed by atoms with Gasteiger partial charge in [0.25, 0.3) is 0 Å². The second-order valence-corrected chi connectivity index (χ2v) is 4.74. The monoisotopic (exact) mass is 306 g/mol. The van der Waals surface area contributed by atoms with Crippen LogP contribution in [-0.2, 0) is 4.79 Å². The lowest BCUT2D eigenvalue weighted by atomic mass is 10.2. The van der Waals surface area contributed by atoms with Gasteiger partial charge in [-0.25, -0.2) is 4.98 Å². The Hall–Kier alpha value is -0.810. The van der Waals surface area contributed by atoms with Crippen LogP contribution in [0.15, 0.2) is 16.7 Å². The van der Waals surface area contributed by atoms with Crippen molar-refractivity contribution in [1.29, 1.82) is 0 Å². The number of hydrogen-bond donors (Lipinski definition) is 2. The number of aliphatic carboxylic acids is 1. The average molecular weight is 308 g/mol. The lowest BCUT2D eigenvalue weighted by molar-refractivity contribution is -0.137. The van der Waals surface area contributed by atoms with E-state index in [0.717, 1.165) is 4.47 Å². The van der Waals surface area contributed by atoms with Crippen LogP contribution in [0.25, 0.3) is 0 Å². The molecule has 0 radical (unpaired) electrons. The van der Waals surface area contributed by atoms with Gasteiger partial charge in [-0.15, -0.1) is 0 Å². The topological polar surface area (TPSA) is 62.2 Å². The maximum absolute atomic E-state index is 10.4. The van der Waals surface area contributed by atoms with Gasteiger partial charge in [-0.3, -0.25) is 4.79 Å². The Morgan fingerprint density at radius 3 is 3.06 bits per heavy atom. The Kier molecular flexibility index (Phi) is 5.02. The van der Waals surface area contributed by atoms with Crippen molar-refractivity contribution in [2.75, 3.05) is 5.32 Å². The van der Waals surface area contributed by atoms with E-state index in [4.69, 9.17) is 16.7 Å². The summed E-state index contributed by atoms with van der Waals surface area (Å²) in [5, 5.41) is 12.1. The first kappa shape index (κ1) is 13.3. The number of carbonyl (C=O) groups is 1. The van der Waals surface area contributed by atoms with Crippen LogP contribution in [0.2, 0.25) is 5.15 Å². The third-order valence-electron chi connectivity index (χ3n) is 2.00. The summed E-state index contributed by atoms with van der Waals surface area (Å²) >= 11 is 9.19. The molecule has 88 valence electrons. The Morgan fingerprint density at radius 2 is 2.44 bits per heavy atom. The fourth-order valence-electron chi connectivity index (χ4n) is 1.20. The predicted octanol–water partition coefficient (Wildman–Crippen LogP) is 3.16. The zero-order chi connectivity index (χ0) is 12.1. The lowest BCUT2D eigenvalue weighted by Crippen LogP contribution is -2.17. The molecule has 2 N–H and O–H groups in total. The molecule has 1 aromatic rings. The molecule has 0 saturated carbocycles. The van der Waals surface area contributed by atoms with Gasteiger partial charge in [-0.05, 0) is 35.3 Å². The number of nitrogens with zero attached hydrogens (tertiary/aromatic N) is 1. The standard InChI is InChI=1S/C10H12BrClN2O2/c1-6(2-3-9(15)16)14-8-4-7(11)5-13-10(8)12/h4-6,14H,2-3H2,1H3,(H,15,16). The number of aromatic nitrogens is 1. The number of carboxylic acid groups (broad SMARTS) is 1. The largest absolute Gasteiger partial charge is 0.481 e. The fourth-order valence-corrected chi connectivity index (χ4v) is 1.69. The van der Waals surface area contributed by atoms with Crippen LogP contribution in [0.5, 0.6) is 0 Å². The van der Waals surface area contributed by atoms with Crippen molar-refractivity contribution in [3.63, 3.8) is 0 Å². The SMILES string of the molecule is CC(CCC(=O)O)Nc1cc(Br)cnc1Cl. The number of rotatable bonds is 5. The fraction of sp³-hybridized carbons (Fsp3) is 0.400. The number of halogens is 2. The maximum Gasteiger partial charge on any atom is 0.303 e. The molecule has 4 nitrogen and oxygen atoms in total. The van der Waals surface area contributed by atoms with Crippen molar-refractivity contribution >= 4 is 39.2 Å². The average Bonchev–Trinajstić information content (AvgIpc) is 2.20. The van der Waals surface area contributed by atoms with Gasteiger partial charge < -0.3 is 10.4 Å². The quantitative estimate of drug-likeness (QED) is 0.820. The zero-order valence-electron chi connectivity index (χ0n) is 8.70. The molecule has 1 heterocycles. The van der Waals surface area contributed by atoms with Gasteiger partial charge in [0.2, 0.25) is 0 Å². The predicted molar refractivity (Wildman–Crippen MR) is 66.9 cm³/mol. The minimum atomic E-state index is -0.799. The summed E-state index contributed by atoms with van der Waals surface area (Å²) in [7, 11) is 0. The van der Waals surface area contributed by atoms with Crippen LogP contribution in [0.1, 0.15) is 19.8 Å². The smallest absolute Gasteiger partial charge is 0.303 e. The van der Waals surface area contributed by atoms with Gasteiger partial charge in [0.05, 0.1) is 5.69 Å². The van der Waals surface area contributed by atoms with Gasteiger partial charge in [0.1, 0.15) is 0 Å². The first-order chi connectivity index (χ1) is 7.49. The zero-order valence-corrected chi connectivity index (χ0v) is 11.0. The Bertz CT molecular complexity index is 387. The van der Waals surface area contributed by atoms with E-state index in [-0.39, 0.29) is 12.5 Å². The van der Waals surface area contributed by atoms with E-state index in [1.165, 1.54) is 0 Å². The second-order valence-electron chi connectivity index (χ2n) is 3.47. The van der Waals surface area contributed by atoms with Gasteiger partial charge in [0.15, 0.2) is 5.15 Å². The molecule has 0 aromatic carbocycles. The third kappa shape index (κ3) is 4.37. The van der Waals surface area contributed by atoms with Crippen LogP contribution >= 0.6 is 27.5 Å². The van der Waals surface area contributed by atoms with Crippen LogP contribution in [0.4, 0.5) is 5.69 Å². The molecular weight excluding hydrogens is 295 g/mol. The van der Waals surface area contributed by atoms with Crippen LogP contribution in [0.3, 0.4) is 0 Å². The summed E-state index contributed by atoms with van der Waals surface area (Å²) < 4.78 is 0.824. The summed E-state index contributed by atoms with van der Waals surface area (Å²) in [5.41, 5.74) is 0.703.